The molecule has 5 heteroatoms. The summed E-state index contributed by atoms with van der Waals surface area (Å²) in [7, 11) is 0. The molecule has 2 saturated heterocycles. The molecule has 2 atom stereocenters. The third-order valence-electron chi connectivity index (χ3n) is 4.16. The number of aromatic nitrogens is 1. The normalized spacial score (nSPS) is 27.7. The number of carbonyl (C=O) groups excluding carboxylic acids is 1. The predicted molar refractivity (Wildman–Crippen MR) is 70.8 cm³/mol. The number of carbonyl (C=O) groups is 1. The first-order valence-corrected chi connectivity index (χ1v) is 7.25. The molecule has 3 rings (SSSR count). The van der Waals surface area contributed by atoms with Gasteiger partial charge in [-0.2, -0.15) is 0 Å². The van der Waals surface area contributed by atoms with Crippen LogP contribution in [-0.4, -0.2) is 34.9 Å². The molecule has 5 nitrogen and oxygen atoms in total. The molecule has 0 aliphatic carbocycles. The van der Waals surface area contributed by atoms with Crippen molar-refractivity contribution in [3.8, 4) is 0 Å². The molecular weight excluding hydrogens is 242 g/mol. The predicted octanol–water partition coefficient (Wildman–Crippen LogP) is 2.11. The first-order valence-electron chi connectivity index (χ1n) is 7.25. The SMILES string of the molecule is CC1CCCCN1C(=O)c1coc(C2CCCN2)n1. The molecule has 0 aromatic carbocycles. The molecule has 2 unspecified atom stereocenters. The maximum absolute atomic E-state index is 12.4. The minimum absolute atomic E-state index is 0.0141. The van der Waals surface area contributed by atoms with Crippen molar-refractivity contribution >= 4 is 5.91 Å². The van der Waals surface area contributed by atoms with Crippen molar-refractivity contribution in [2.45, 2.75) is 51.1 Å². The highest BCUT2D eigenvalue weighted by Gasteiger charge is 2.28. The number of hydrogen-bond donors (Lipinski definition) is 1. The Morgan fingerprint density at radius 2 is 2.32 bits per heavy atom. The zero-order chi connectivity index (χ0) is 13.2. The monoisotopic (exact) mass is 263 g/mol. The highest BCUT2D eigenvalue weighted by atomic mass is 16.3. The van der Waals surface area contributed by atoms with Crippen LogP contribution >= 0.6 is 0 Å². The maximum Gasteiger partial charge on any atom is 0.276 e. The third kappa shape index (κ3) is 2.52. The van der Waals surface area contributed by atoms with E-state index in [-0.39, 0.29) is 11.9 Å². The summed E-state index contributed by atoms with van der Waals surface area (Å²) in [5.74, 6) is 0.672. The van der Waals surface area contributed by atoms with Gasteiger partial charge in [0.2, 0.25) is 5.89 Å². The molecule has 1 aromatic rings. The summed E-state index contributed by atoms with van der Waals surface area (Å²) >= 11 is 0. The second-order valence-corrected chi connectivity index (χ2v) is 5.56. The average Bonchev–Trinajstić information content (AvgIpc) is 3.09. The molecule has 0 saturated carbocycles. The van der Waals surface area contributed by atoms with Crippen molar-refractivity contribution in [3.05, 3.63) is 17.8 Å². The second-order valence-electron chi connectivity index (χ2n) is 5.56. The fourth-order valence-electron chi connectivity index (χ4n) is 2.99. The molecule has 0 spiro atoms. The number of likely N-dealkylation sites (tertiary alicyclic amines) is 1. The minimum atomic E-state index is 0.0141. The summed E-state index contributed by atoms with van der Waals surface area (Å²) in [5.41, 5.74) is 0.456. The van der Waals surface area contributed by atoms with Crippen molar-refractivity contribution in [3.63, 3.8) is 0 Å². The number of amides is 1. The highest BCUT2D eigenvalue weighted by Crippen LogP contribution is 2.24. The molecule has 0 radical (unpaired) electrons. The molecule has 3 heterocycles. The van der Waals surface area contributed by atoms with Crippen LogP contribution in [0.5, 0.6) is 0 Å². The van der Waals surface area contributed by atoms with Crippen LogP contribution < -0.4 is 5.32 Å². The van der Waals surface area contributed by atoms with E-state index in [4.69, 9.17) is 4.42 Å². The molecule has 2 aliphatic heterocycles. The van der Waals surface area contributed by atoms with Crippen molar-refractivity contribution in [2.75, 3.05) is 13.1 Å². The van der Waals surface area contributed by atoms with Gasteiger partial charge in [0.15, 0.2) is 5.69 Å². The van der Waals surface area contributed by atoms with Gasteiger partial charge in [0.25, 0.3) is 5.91 Å². The molecular formula is C14H21N3O2. The molecule has 2 fully saturated rings. The highest BCUT2D eigenvalue weighted by molar-refractivity contribution is 5.92. The van der Waals surface area contributed by atoms with Gasteiger partial charge in [0.05, 0.1) is 6.04 Å². The van der Waals surface area contributed by atoms with E-state index in [2.05, 4.69) is 17.2 Å². The van der Waals surface area contributed by atoms with Gasteiger partial charge in [-0.1, -0.05) is 0 Å². The minimum Gasteiger partial charge on any atom is -0.446 e. The Bertz CT molecular complexity index is 451. The second kappa shape index (κ2) is 5.33. The van der Waals surface area contributed by atoms with Crippen LogP contribution in [0.25, 0.3) is 0 Å². The summed E-state index contributed by atoms with van der Waals surface area (Å²) in [6.07, 6.45) is 7.07. The van der Waals surface area contributed by atoms with Gasteiger partial charge >= 0.3 is 0 Å². The fraction of sp³-hybridized carbons (Fsp3) is 0.714. The number of nitrogens with zero attached hydrogens (tertiary/aromatic N) is 2. The van der Waals surface area contributed by atoms with Gasteiger partial charge in [-0.15, -0.1) is 0 Å². The Hall–Kier alpha value is -1.36. The molecule has 0 bridgehead atoms. The number of piperidine rings is 1. The van der Waals surface area contributed by atoms with Crippen molar-refractivity contribution in [1.29, 1.82) is 0 Å². The molecule has 2 aliphatic rings. The van der Waals surface area contributed by atoms with Crippen LogP contribution in [0.3, 0.4) is 0 Å². The number of rotatable bonds is 2. The summed E-state index contributed by atoms with van der Waals surface area (Å²) in [6.45, 7) is 3.94. The van der Waals surface area contributed by atoms with E-state index in [9.17, 15) is 4.79 Å². The van der Waals surface area contributed by atoms with Gasteiger partial charge in [-0.25, -0.2) is 4.98 Å². The Balaban J connectivity index is 1.72. The van der Waals surface area contributed by atoms with E-state index in [0.717, 1.165) is 38.8 Å². The smallest absolute Gasteiger partial charge is 0.276 e. The summed E-state index contributed by atoms with van der Waals surface area (Å²) < 4.78 is 5.47. The average molecular weight is 263 g/mol. The van der Waals surface area contributed by atoms with Crippen LogP contribution in [0.2, 0.25) is 0 Å². The van der Waals surface area contributed by atoms with Gasteiger partial charge < -0.3 is 14.6 Å². The Morgan fingerprint density at radius 1 is 1.42 bits per heavy atom. The number of oxazole rings is 1. The van der Waals surface area contributed by atoms with Gasteiger partial charge in [0.1, 0.15) is 6.26 Å². The van der Waals surface area contributed by atoms with Crippen LogP contribution in [0.15, 0.2) is 10.7 Å². The molecule has 19 heavy (non-hydrogen) atoms. The van der Waals surface area contributed by atoms with Crippen LogP contribution in [0.1, 0.15) is 61.4 Å². The first-order chi connectivity index (χ1) is 9.25. The van der Waals surface area contributed by atoms with Gasteiger partial charge in [0, 0.05) is 12.6 Å². The van der Waals surface area contributed by atoms with Crippen molar-refractivity contribution in [2.24, 2.45) is 0 Å². The lowest BCUT2D eigenvalue weighted by Gasteiger charge is -2.32. The first kappa shape index (κ1) is 12.7. The maximum atomic E-state index is 12.4. The molecule has 104 valence electrons. The summed E-state index contributed by atoms with van der Waals surface area (Å²) in [4.78, 5) is 18.7. The molecule has 1 N–H and O–H groups in total. The molecule has 1 aromatic heterocycles. The van der Waals surface area contributed by atoms with Crippen molar-refractivity contribution in [1.82, 2.24) is 15.2 Å². The Labute approximate surface area is 113 Å². The number of nitrogens with one attached hydrogen (secondary N) is 1. The Morgan fingerprint density at radius 3 is 3.05 bits per heavy atom. The van der Waals surface area contributed by atoms with Crippen LogP contribution in [0.4, 0.5) is 0 Å². The van der Waals surface area contributed by atoms with E-state index in [1.54, 1.807) is 0 Å². The standard InChI is InChI=1S/C14H21N3O2/c1-10-5-2-3-8-17(10)14(18)12-9-19-13(16-12)11-6-4-7-15-11/h9-11,15H,2-8H2,1H3. The largest absolute Gasteiger partial charge is 0.446 e. The van der Waals surface area contributed by atoms with Crippen LogP contribution in [-0.2, 0) is 0 Å². The van der Waals surface area contributed by atoms with Gasteiger partial charge in [-0.05, 0) is 45.6 Å². The molecule has 1 amide bonds. The summed E-state index contributed by atoms with van der Waals surface area (Å²) in [5, 5.41) is 3.33. The van der Waals surface area contributed by atoms with E-state index >= 15 is 0 Å². The zero-order valence-corrected chi connectivity index (χ0v) is 11.4. The zero-order valence-electron chi connectivity index (χ0n) is 11.4. The van der Waals surface area contributed by atoms with E-state index in [1.165, 1.54) is 12.7 Å². The quantitative estimate of drug-likeness (QED) is 0.888. The van der Waals surface area contributed by atoms with Crippen LogP contribution in [0, 0.1) is 0 Å². The number of hydrogen-bond acceptors (Lipinski definition) is 4. The Kier molecular flexibility index (Phi) is 3.55. The van der Waals surface area contributed by atoms with Gasteiger partial charge in [-0.3, -0.25) is 4.79 Å². The summed E-state index contributed by atoms with van der Waals surface area (Å²) in [6, 6.07) is 0.492. The lowest BCUT2D eigenvalue weighted by molar-refractivity contribution is 0.0629. The third-order valence-corrected chi connectivity index (χ3v) is 4.16. The van der Waals surface area contributed by atoms with E-state index in [1.807, 2.05) is 4.90 Å². The van der Waals surface area contributed by atoms with Crippen molar-refractivity contribution < 1.29 is 9.21 Å². The lowest BCUT2D eigenvalue weighted by atomic mass is 10.0. The van der Waals surface area contributed by atoms with E-state index < -0.39 is 0 Å². The van der Waals surface area contributed by atoms with E-state index in [0.29, 0.717) is 17.6 Å². The topological polar surface area (TPSA) is 58.4 Å². The lowest BCUT2D eigenvalue weighted by Crippen LogP contribution is -2.42. The fourth-order valence-corrected chi connectivity index (χ4v) is 2.99.